The maximum Gasteiger partial charge on any atom is 0.259 e. The van der Waals surface area contributed by atoms with Crippen LogP contribution in [0.1, 0.15) is 11.1 Å². The lowest BCUT2D eigenvalue weighted by atomic mass is 10.0. The average molecular weight is 391 g/mol. The molecule has 1 aromatic heterocycles. The summed E-state index contributed by atoms with van der Waals surface area (Å²) in [6, 6.07) is 10.7. The van der Waals surface area contributed by atoms with Gasteiger partial charge in [0, 0.05) is 38.3 Å². The van der Waals surface area contributed by atoms with Gasteiger partial charge >= 0.3 is 0 Å². The summed E-state index contributed by atoms with van der Waals surface area (Å²) >= 11 is 0. The van der Waals surface area contributed by atoms with Gasteiger partial charge in [0.05, 0.1) is 33.6 Å². The minimum atomic E-state index is -0.453. The molecular weight excluding hydrogens is 369 g/mol. The minimum Gasteiger partial charge on any atom is -0.397 e. The van der Waals surface area contributed by atoms with E-state index in [9.17, 15) is 9.18 Å². The molecule has 3 heterocycles. The van der Waals surface area contributed by atoms with Crippen LogP contribution in [0.15, 0.2) is 46.2 Å². The van der Waals surface area contributed by atoms with Crippen LogP contribution in [0.3, 0.4) is 0 Å². The van der Waals surface area contributed by atoms with Gasteiger partial charge in [-0.05, 0) is 42.9 Å². The summed E-state index contributed by atoms with van der Waals surface area (Å²) in [5.41, 5.74) is 10.3. The fourth-order valence-electron chi connectivity index (χ4n) is 4.21. The molecule has 2 aromatic carbocycles. The quantitative estimate of drug-likeness (QED) is 0.704. The molecule has 0 atom stereocenters. The van der Waals surface area contributed by atoms with Crippen molar-refractivity contribution in [1.82, 2.24) is 9.88 Å². The zero-order chi connectivity index (χ0) is 20.1. The first-order valence-electron chi connectivity index (χ1n) is 9.75. The highest BCUT2D eigenvalue weighted by Crippen LogP contribution is 2.34. The summed E-state index contributed by atoms with van der Waals surface area (Å²) in [4.78, 5) is 24.8. The third-order valence-electron chi connectivity index (χ3n) is 5.86. The van der Waals surface area contributed by atoms with E-state index in [4.69, 9.17) is 5.73 Å². The van der Waals surface area contributed by atoms with E-state index in [2.05, 4.69) is 39.0 Å². The lowest BCUT2D eigenvalue weighted by molar-refractivity contribution is 0.313. The van der Waals surface area contributed by atoms with E-state index in [0.29, 0.717) is 17.6 Å². The van der Waals surface area contributed by atoms with Gasteiger partial charge in [-0.3, -0.25) is 9.79 Å². The van der Waals surface area contributed by atoms with Crippen molar-refractivity contribution in [3.05, 3.63) is 63.7 Å². The van der Waals surface area contributed by atoms with Crippen LogP contribution in [-0.2, 0) is 6.42 Å². The molecule has 0 radical (unpaired) electrons. The Morgan fingerprint density at radius 2 is 1.93 bits per heavy atom. The Hall–Kier alpha value is -3.19. The van der Waals surface area contributed by atoms with Gasteiger partial charge in [-0.2, -0.15) is 0 Å². The maximum absolute atomic E-state index is 14.3. The second kappa shape index (κ2) is 6.70. The van der Waals surface area contributed by atoms with Crippen molar-refractivity contribution in [2.24, 2.45) is 4.99 Å². The largest absolute Gasteiger partial charge is 0.397 e. The molecule has 7 heteroatoms. The Bertz CT molecular complexity index is 1210. The van der Waals surface area contributed by atoms with Crippen molar-refractivity contribution >= 4 is 33.7 Å². The highest BCUT2D eigenvalue weighted by Gasteiger charge is 2.24. The number of rotatable bonds is 2. The Morgan fingerprint density at radius 1 is 1.14 bits per heavy atom. The van der Waals surface area contributed by atoms with Crippen LogP contribution >= 0.6 is 0 Å². The second-order valence-corrected chi connectivity index (χ2v) is 7.74. The van der Waals surface area contributed by atoms with Crippen LogP contribution in [0.2, 0.25) is 0 Å². The Morgan fingerprint density at radius 3 is 2.72 bits per heavy atom. The molecule has 0 amide bonds. The van der Waals surface area contributed by atoms with Crippen LogP contribution in [-0.4, -0.2) is 48.8 Å². The molecule has 148 valence electrons. The molecule has 0 unspecified atom stereocenters. The minimum absolute atomic E-state index is 0.146. The Labute approximate surface area is 167 Å². The molecule has 1 fully saturated rings. The molecule has 0 spiro atoms. The van der Waals surface area contributed by atoms with Gasteiger partial charge in [-0.1, -0.05) is 6.07 Å². The van der Waals surface area contributed by atoms with Crippen molar-refractivity contribution in [2.75, 3.05) is 43.9 Å². The monoisotopic (exact) mass is 391 g/mol. The summed E-state index contributed by atoms with van der Waals surface area (Å²) in [7, 11) is 2.13. The van der Waals surface area contributed by atoms with E-state index in [0.717, 1.165) is 37.4 Å². The molecule has 6 nitrogen and oxygen atoms in total. The van der Waals surface area contributed by atoms with Crippen molar-refractivity contribution in [1.29, 1.82) is 0 Å². The van der Waals surface area contributed by atoms with E-state index in [1.165, 1.54) is 11.8 Å². The van der Waals surface area contributed by atoms with Crippen molar-refractivity contribution in [3.63, 3.8) is 0 Å². The number of likely N-dealkylation sites (N-methyl/N-ethyl adjacent to an activating group) is 1. The summed E-state index contributed by atoms with van der Waals surface area (Å²) in [5.74, 6) is -0.453. The SMILES string of the molecule is CN1CCN(c2ccc3c(c2)CC(c2c(N)c4c(F)cccc4[nH]c2=O)=N3)CC1. The number of fused-ring (bicyclic) bond motifs is 2. The number of halogens is 1. The van der Waals surface area contributed by atoms with Gasteiger partial charge in [0.1, 0.15) is 5.82 Å². The first-order valence-corrected chi connectivity index (χ1v) is 9.75. The third kappa shape index (κ3) is 2.98. The van der Waals surface area contributed by atoms with Crippen molar-refractivity contribution in [2.45, 2.75) is 6.42 Å². The summed E-state index contributed by atoms with van der Waals surface area (Å²) in [5, 5.41) is 0.235. The molecule has 0 saturated carbocycles. The molecule has 29 heavy (non-hydrogen) atoms. The summed E-state index contributed by atoms with van der Waals surface area (Å²) in [6.45, 7) is 4.04. The predicted octanol–water partition coefficient (Wildman–Crippen LogP) is 2.68. The number of aromatic nitrogens is 1. The van der Waals surface area contributed by atoms with Crippen molar-refractivity contribution in [3.8, 4) is 0 Å². The number of pyridine rings is 1. The summed E-state index contributed by atoms with van der Waals surface area (Å²) in [6.07, 6.45) is 0.504. The third-order valence-corrected chi connectivity index (χ3v) is 5.86. The molecule has 2 aliphatic rings. The number of piperazine rings is 1. The molecule has 3 aromatic rings. The number of anilines is 2. The van der Waals surface area contributed by atoms with Crippen LogP contribution < -0.4 is 16.2 Å². The second-order valence-electron chi connectivity index (χ2n) is 7.74. The van der Waals surface area contributed by atoms with Crippen LogP contribution in [0.4, 0.5) is 21.5 Å². The van der Waals surface area contributed by atoms with Crippen LogP contribution in [0, 0.1) is 5.82 Å². The zero-order valence-electron chi connectivity index (χ0n) is 16.2. The topological polar surface area (TPSA) is 77.7 Å². The number of hydrogen-bond acceptors (Lipinski definition) is 5. The summed E-state index contributed by atoms with van der Waals surface area (Å²) < 4.78 is 14.3. The highest BCUT2D eigenvalue weighted by molar-refractivity contribution is 6.13. The number of nitrogens with two attached hydrogens (primary N) is 1. The van der Waals surface area contributed by atoms with Crippen LogP contribution in [0.25, 0.3) is 10.9 Å². The van der Waals surface area contributed by atoms with Gasteiger partial charge in [0.15, 0.2) is 0 Å². The number of aliphatic imine (C=N–C) groups is 1. The van der Waals surface area contributed by atoms with E-state index in [1.807, 2.05) is 6.07 Å². The lowest BCUT2D eigenvalue weighted by Gasteiger charge is -2.34. The molecule has 0 bridgehead atoms. The van der Waals surface area contributed by atoms with E-state index >= 15 is 0 Å². The first kappa shape index (κ1) is 17.9. The number of nitrogens with zero attached hydrogens (tertiary/aromatic N) is 3. The molecule has 3 N–H and O–H groups in total. The average Bonchev–Trinajstić information content (AvgIpc) is 3.11. The van der Waals surface area contributed by atoms with Gasteiger partial charge < -0.3 is 20.5 Å². The van der Waals surface area contributed by atoms with Gasteiger partial charge in [-0.15, -0.1) is 0 Å². The Balaban J connectivity index is 1.51. The van der Waals surface area contributed by atoms with Gasteiger partial charge in [0.2, 0.25) is 0 Å². The fourth-order valence-corrected chi connectivity index (χ4v) is 4.21. The zero-order valence-corrected chi connectivity index (χ0v) is 16.2. The van der Waals surface area contributed by atoms with Gasteiger partial charge in [0.25, 0.3) is 5.56 Å². The smallest absolute Gasteiger partial charge is 0.259 e. The molecule has 0 aliphatic carbocycles. The van der Waals surface area contributed by atoms with E-state index in [-0.39, 0.29) is 22.2 Å². The van der Waals surface area contributed by atoms with E-state index in [1.54, 1.807) is 12.1 Å². The molecule has 2 aliphatic heterocycles. The molecule has 5 rings (SSSR count). The van der Waals surface area contributed by atoms with E-state index < -0.39 is 5.82 Å². The number of aromatic amines is 1. The fraction of sp³-hybridized carbons (Fsp3) is 0.273. The van der Waals surface area contributed by atoms with Crippen molar-refractivity contribution < 1.29 is 4.39 Å². The lowest BCUT2D eigenvalue weighted by Crippen LogP contribution is -2.44. The number of nitrogens with one attached hydrogen (secondary N) is 1. The highest BCUT2D eigenvalue weighted by atomic mass is 19.1. The van der Waals surface area contributed by atoms with Gasteiger partial charge in [-0.25, -0.2) is 4.39 Å². The molecule has 1 saturated heterocycles. The predicted molar refractivity (Wildman–Crippen MR) is 115 cm³/mol. The normalized spacial score (nSPS) is 16.9. The standard InChI is InChI=1S/C22H22FN5O/c1-27-7-9-28(10-8-27)14-5-6-16-13(11-14)12-18(25-16)20-21(24)19-15(23)3-2-4-17(19)26-22(20)29/h2-6,11H,7-10,12H2,1H3,(H3,24,26,29). The number of hydrogen-bond donors (Lipinski definition) is 2. The molecular formula is C22H22FN5O. The number of H-pyrrole nitrogens is 1. The number of nitrogen functional groups attached to an aromatic ring is 1. The number of benzene rings is 2. The Kier molecular flexibility index (Phi) is 4.13. The maximum atomic E-state index is 14.3. The first-order chi connectivity index (χ1) is 14.0. The van der Waals surface area contributed by atoms with Crippen LogP contribution in [0.5, 0.6) is 0 Å².